The van der Waals surface area contributed by atoms with E-state index in [4.69, 9.17) is 4.74 Å². The summed E-state index contributed by atoms with van der Waals surface area (Å²) >= 11 is 0. The number of ether oxygens (including phenoxy) is 1. The molecule has 0 radical (unpaired) electrons. The van der Waals surface area contributed by atoms with Crippen LogP contribution in [0, 0.1) is 17.0 Å². The Bertz CT molecular complexity index is 644. The Morgan fingerprint density at radius 2 is 2.00 bits per heavy atom. The van der Waals surface area contributed by atoms with Crippen molar-refractivity contribution in [2.45, 2.75) is 26.7 Å². The number of carbonyl (C=O) groups is 3. The minimum Gasteiger partial charge on any atom is -0.452 e. The molecule has 1 aromatic carbocycles. The van der Waals surface area contributed by atoms with Crippen molar-refractivity contribution in [3.63, 3.8) is 0 Å². The lowest BCUT2D eigenvalue weighted by Crippen LogP contribution is -2.41. The standard InChI is InChI=1S/C15H19N3O6/c1-3-4-7-16-15(21)17-13(19)9-24-14(20)11-5-6-12(18(22)23)10(2)8-11/h5-6,8H,3-4,7,9H2,1-2H3,(H2,16,17,19,21). The van der Waals surface area contributed by atoms with Crippen LogP contribution in [0.2, 0.25) is 0 Å². The van der Waals surface area contributed by atoms with E-state index in [9.17, 15) is 24.5 Å². The Balaban J connectivity index is 2.48. The van der Waals surface area contributed by atoms with Gasteiger partial charge in [-0.15, -0.1) is 0 Å². The molecular weight excluding hydrogens is 318 g/mol. The van der Waals surface area contributed by atoms with Crippen molar-refractivity contribution in [2.75, 3.05) is 13.2 Å². The normalized spacial score (nSPS) is 9.92. The topological polar surface area (TPSA) is 128 Å². The fraction of sp³-hybridized carbons (Fsp3) is 0.400. The van der Waals surface area contributed by atoms with E-state index in [1.54, 1.807) is 0 Å². The van der Waals surface area contributed by atoms with Gasteiger partial charge in [-0.2, -0.15) is 0 Å². The van der Waals surface area contributed by atoms with E-state index in [-0.39, 0.29) is 11.3 Å². The Morgan fingerprint density at radius 3 is 2.58 bits per heavy atom. The average molecular weight is 337 g/mol. The van der Waals surface area contributed by atoms with Gasteiger partial charge in [-0.1, -0.05) is 13.3 Å². The molecule has 0 spiro atoms. The van der Waals surface area contributed by atoms with E-state index in [0.29, 0.717) is 12.1 Å². The van der Waals surface area contributed by atoms with Gasteiger partial charge in [0.15, 0.2) is 6.61 Å². The van der Waals surface area contributed by atoms with Crippen LogP contribution in [0.4, 0.5) is 10.5 Å². The van der Waals surface area contributed by atoms with Crippen LogP contribution in [0.15, 0.2) is 18.2 Å². The highest BCUT2D eigenvalue weighted by atomic mass is 16.6. The van der Waals surface area contributed by atoms with Crippen LogP contribution in [0.25, 0.3) is 0 Å². The number of nitro groups is 1. The molecule has 0 aromatic heterocycles. The van der Waals surface area contributed by atoms with Gasteiger partial charge in [-0.3, -0.25) is 20.2 Å². The maximum atomic E-state index is 11.8. The third-order valence-electron chi connectivity index (χ3n) is 3.03. The van der Waals surface area contributed by atoms with Crippen LogP contribution in [-0.2, 0) is 9.53 Å². The molecule has 0 fully saturated rings. The molecule has 0 atom stereocenters. The highest BCUT2D eigenvalue weighted by Crippen LogP contribution is 2.19. The van der Waals surface area contributed by atoms with Gasteiger partial charge >= 0.3 is 12.0 Å². The summed E-state index contributed by atoms with van der Waals surface area (Å²) in [5.41, 5.74) is 0.264. The summed E-state index contributed by atoms with van der Waals surface area (Å²) in [5, 5.41) is 15.2. The van der Waals surface area contributed by atoms with Crippen molar-refractivity contribution in [1.29, 1.82) is 0 Å². The molecule has 9 heteroatoms. The number of hydrogen-bond donors (Lipinski definition) is 2. The number of amides is 3. The molecule has 0 aliphatic rings. The third kappa shape index (κ3) is 6.03. The molecule has 24 heavy (non-hydrogen) atoms. The summed E-state index contributed by atoms with van der Waals surface area (Å²) in [7, 11) is 0. The number of aryl methyl sites for hydroxylation is 1. The SMILES string of the molecule is CCCCNC(=O)NC(=O)COC(=O)c1ccc([N+](=O)[O-])c(C)c1. The lowest BCUT2D eigenvalue weighted by Gasteiger charge is -2.07. The number of benzene rings is 1. The number of urea groups is 1. The van der Waals surface area contributed by atoms with Crippen molar-refractivity contribution in [3.8, 4) is 0 Å². The first-order valence-electron chi connectivity index (χ1n) is 7.35. The number of nitro benzene ring substituents is 1. The first kappa shape index (κ1) is 19.1. The van der Waals surface area contributed by atoms with Crippen molar-refractivity contribution in [1.82, 2.24) is 10.6 Å². The first-order valence-corrected chi connectivity index (χ1v) is 7.35. The smallest absolute Gasteiger partial charge is 0.338 e. The van der Waals surface area contributed by atoms with Crippen LogP contribution >= 0.6 is 0 Å². The van der Waals surface area contributed by atoms with E-state index in [1.807, 2.05) is 12.2 Å². The number of unbranched alkanes of at least 4 members (excludes halogenated alkanes) is 1. The zero-order valence-corrected chi connectivity index (χ0v) is 13.5. The van der Waals surface area contributed by atoms with Crippen LogP contribution in [0.1, 0.15) is 35.7 Å². The molecule has 3 amide bonds. The van der Waals surface area contributed by atoms with Gasteiger partial charge in [-0.05, 0) is 25.5 Å². The fourth-order valence-electron chi connectivity index (χ4n) is 1.79. The van der Waals surface area contributed by atoms with Gasteiger partial charge in [0.1, 0.15) is 0 Å². The lowest BCUT2D eigenvalue weighted by molar-refractivity contribution is -0.385. The van der Waals surface area contributed by atoms with Crippen molar-refractivity contribution in [2.24, 2.45) is 0 Å². The van der Waals surface area contributed by atoms with Gasteiger partial charge < -0.3 is 10.1 Å². The monoisotopic (exact) mass is 337 g/mol. The molecule has 0 saturated carbocycles. The fourth-order valence-corrected chi connectivity index (χ4v) is 1.79. The van der Waals surface area contributed by atoms with E-state index in [2.05, 4.69) is 5.32 Å². The number of carbonyl (C=O) groups excluding carboxylic acids is 3. The minimum atomic E-state index is -0.811. The number of esters is 1. The van der Waals surface area contributed by atoms with Crippen molar-refractivity contribution < 1.29 is 24.0 Å². The Kier molecular flexibility index (Phi) is 7.34. The van der Waals surface area contributed by atoms with E-state index in [0.717, 1.165) is 12.8 Å². The Labute approximate surface area is 138 Å². The maximum Gasteiger partial charge on any atom is 0.338 e. The van der Waals surface area contributed by atoms with Gasteiger partial charge in [0, 0.05) is 18.2 Å². The second-order valence-corrected chi connectivity index (χ2v) is 4.99. The van der Waals surface area contributed by atoms with Crippen LogP contribution < -0.4 is 10.6 Å². The van der Waals surface area contributed by atoms with Gasteiger partial charge in [0.25, 0.3) is 11.6 Å². The van der Waals surface area contributed by atoms with E-state index < -0.39 is 29.4 Å². The predicted molar refractivity (Wildman–Crippen MR) is 84.6 cm³/mol. The van der Waals surface area contributed by atoms with Gasteiger partial charge in [0.05, 0.1) is 10.5 Å². The lowest BCUT2D eigenvalue weighted by atomic mass is 10.1. The minimum absolute atomic E-state index is 0.0818. The Morgan fingerprint density at radius 1 is 1.29 bits per heavy atom. The third-order valence-corrected chi connectivity index (χ3v) is 3.03. The molecular formula is C15H19N3O6. The second-order valence-electron chi connectivity index (χ2n) is 4.99. The summed E-state index contributed by atoms with van der Waals surface area (Å²) in [6, 6.07) is 3.07. The molecule has 130 valence electrons. The zero-order valence-electron chi connectivity index (χ0n) is 13.5. The second kappa shape index (κ2) is 9.23. The number of imide groups is 1. The van der Waals surface area contributed by atoms with Crippen LogP contribution in [0.3, 0.4) is 0 Å². The highest BCUT2D eigenvalue weighted by molar-refractivity contribution is 5.97. The van der Waals surface area contributed by atoms with Crippen LogP contribution in [-0.4, -0.2) is 36.0 Å². The first-order chi connectivity index (χ1) is 11.3. The molecule has 9 nitrogen and oxygen atoms in total. The number of rotatable bonds is 7. The van der Waals surface area contributed by atoms with Gasteiger partial charge in [0.2, 0.25) is 0 Å². The zero-order chi connectivity index (χ0) is 18.1. The molecule has 2 N–H and O–H groups in total. The molecule has 1 aromatic rings. The summed E-state index contributed by atoms with van der Waals surface area (Å²) in [4.78, 5) is 44.8. The molecule has 0 bridgehead atoms. The largest absolute Gasteiger partial charge is 0.452 e. The van der Waals surface area contributed by atoms with E-state index in [1.165, 1.54) is 25.1 Å². The number of nitrogens with one attached hydrogen (secondary N) is 2. The Hall–Kier alpha value is -2.97. The van der Waals surface area contributed by atoms with Crippen LogP contribution in [0.5, 0.6) is 0 Å². The molecule has 0 aliphatic carbocycles. The quantitative estimate of drug-likeness (QED) is 0.337. The molecule has 0 aliphatic heterocycles. The summed E-state index contributed by atoms with van der Waals surface area (Å²) in [6.07, 6.45) is 1.69. The molecule has 0 saturated heterocycles. The summed E-state index contributed by atoms with van der Waals surface area (Å²) in [5.74, 6) is -1.58. The highest BCUT2D eigenvalue weighted by Gasteiger charge is 2.16. The van der Waals surface area contributed by atoms with Crippen molar-refractivity contribution in [3.05, 3.63) is 39.4 Å². The molecule has 0 unspecified atom stereocenters. The van der Waals surface area contributed by atoms with E-state index >= 15 is 0 Å². The summed E-state index contributed by atoms with van der Waals surface area (Å²) < 4.78 is 4.77. The summed E-state index contributed by atoms with van der Waals surface area (Å²) in [6.45, 7) is 3.26. The maximum absolute atomic E-state index is 11.8. The van der Waals surface area contributed by atoms with Crippen molar-refractivity contribution >= 4 is 23.6 Å². The predicted octanol–water partition coefficient (Wildman–Crippen LogP) is 1.69. The molecule has 1 rings (SSSR count). The van der Waals surface area contributed by atoms with Gasteiger partial charge in [-0.25, -0.2) is 9.59 Å². The number of nitrogens with zero attached hydrogens (tertiary/aromatic N) is 1. The average Bonchev–Trinajstić information content (AvgIpc) is 2.52. The number of hydrogen-bond acceptors (Lipinski definition) is 6. The molecule has 0 heterocycles.